The van der Waals surface area contributed by atoms with Gasteiger partial charge in [0.25, 0.3) is 5.56 Å². The minimum absolute atomic E-state index is 0.0619. The molecule has 80 valence electrons. The summed E-state index contributed by atoms with van der Waals surface area (Å²) in [6.45, 7) is 2.05. The molecule has 1 aromatic heterocycles. The molecule has 2 aliphatic rings. The maximum atomic E-state index is 11.8. The van der Waals surface area contributed by atoms with Gasteiger partial charge >= 0.3 is 0 Å². The van der Waals surface area contributed by atoms with Crippen molar-refractivity contribution in [2.24, 2.45) is 0 Å². The number of hydrogen-bond acceptors (Lipinski definition) is 4. The molecule has 15 heavy (non-hydrogen) atoms. The quantitative estimate of drug-likeness (QED) is 0.775. The van der Waals surface area contributed by atoms with Gasteiger partial charge in [-0.15, -0.1) is 0 Å². The lowest BCUT2D eigenvalue weighted by Crippen LogP contribution is -2.25. The van der Waals surface area contributed by atoms with E-state index in [1.54, 1.807) is 11.8 Å². The van der Waals surface area contributed by atoms with Gasteiger partial charge in [0, 0.05) is 30.2 Å². The van der Waals surface area contributed by atoms with Gasteiger partial charge in [0.2, 0.25) is 5.95 Å². The fourth-order valence-electron chi connectivity index (χ4n) is 2.13. The van der Waals surface area contributed by atoms with Gasteiger partial charge in [0.1, 0.15) is 0 Å². The van der Waals surface area contributed by atoms with Crippen LogP contribution in [-0.2, 0) is 11.5 Å². The first-order valence-corrected chi connectivity index (χ1v) is 6.45. The number of H-pyrrole nitrogens is 1. The molecule has 0 unspecified atom stereocenters. The summed E-state index contributed by atoms with van der Waals surface area (Å²) >= 11 is 1.77. The fraction of sp³-hybridized carbons (Fsp3) is 0.600. The van der Waals surface area contributed by atoms with Crippen molar-refractivity contribution in [3.05, 3.63) is 21.6 Å². The molecule has 1 aromatic rings. The van der Waals surface area contributed by atoms with E-state index in [4.69, 9.17) is 0 Å². The minimum Gasteiger partial charge on any atom is -0.342 e. The summed E-state index contributed by atoms with van der Waals surface area (Å²) in [5.41, 5.74) is 1.93. The summed E-state index contributed by atoms with van der Waals surface area (Å²) in [6, 6.07) is 0. The second-order valence-corrected chi connectivity index (χ2v) is 4.99. The van der Waals surface area contributed by atoms with Crippen molar-refractivity contribution >= 4 is 17.7 Å². The fourth-order valence-corrected chi connectivity index (χ4v) is 3.16. The summed E-state index contributed by atoms with van der Waals surface area (Å²) < 4.78 is 0. The topological polar surface area (TPSA) is 49.0 Å². The first-order valence-electron chi connectivity index (χ1n) is 5.29. The number of nitrogens with one attached hydrogen (secondary N) is 1. The van der Waals surface area contributed by atoms with Crippen LogP contribution in [0.1, 0.15) is 24.1 Å². The predicted octanol–water partition coefficient (Wildman–Crippen LogP) is 1.12. The molecular formula is C10H13N3OS. The highest BCUT2D eigenvalue weighted by Crippen LogP contribution is 2.26. The second kappa shape index (κ2) is 3.56. The van der Waals surface area contributed by atoms with Crippen LogP contribution in [0.25, 0.3) is 0 Å². The second-order valence-electron chi connectivity index (χ2n) is 4.00. The van der Waals surface area contributed by atoms with Crippen LogP contribution in [0.2, 0.25) is 0 Å². The van der Waals surface area contributed by atoms with Crippen molar-refractivity contribution in [1.82, 2.24) is 9.97 Å². The average Bonchev–Trinajstić information content (AvgIpc) is 2.88. The Bertz CT molecular complexity index is 437. The molecule has 1 fully saturated rings. The van der Waals surface area contributed by atoms with Gasteiger partial charge in [-0.1, -0.05) is 0 Å². The van der Waals surface area contributed by atoms with E-state index in [0.717, 1.165) is 41.8 Å². The van der Waals surface area contributed by atoms with Crippen LogP contribution in [0.3, 0.4) is 0 Å². The van der Waals surface area contributed by atoms with Crippen molar-refractivity contribution in [1.29, 1.82) is 0 Å². The number of nitrogens with zero attached hydrogens (tertiary/aromatic N) is 2. The maximum Gasteiger partial charge on any atom is 0.256 e. The van der Waals surface area contributed by atoms with Crippen LogP contribution >= 0.6 is 11.8 Å². The summed E-state index contributed by atoms with van der Waals surface area (Å²) in [7, 11) is 0. The van der Waals surface area contributed by atoms with E-state index in [2.05, 4.69) is 14.9 Å². The van der Waals surface area contributed by atoms with Crippen LogP contribution in [-0.4, -0.2) is 23.1 Å². The van der Waals surface area contributed by atoms with E-state index in [0.29, 0.717) is 0 Å². The lowest BCUT2D eigenvalue weighted by molar-refractivity contribution is 0.872. The van der Waals surface area contributed by atoms with Crippen LogP contribution in [0, 0.1) is 0 Å². The van der Waals surface area contributed by atoms with Gasteiger partial charge in [-0.3, -0.25) is 9.78 Å². The molecule has 1 N–H and O–H groups in total. The Hall–Kier alpha value is -0.970. The van der Waals surface area contributed by atoms with E-state index < -0.39 is 0 Å². The molecule has 5 heteroatoms. The Morgan fingerprint density at radius 1 is 1.27 bits per heavy atom. The van der Waals surface area contributed by atoms with Crippen LogP contribution < -0.4 is 10.5 Å². The van der Waals surface area contributed by atoms with E-state index in [1.165, 1.54) is 12.8 Å². The third-order valence-corrected chi connectivity index (χ3v) is 3.95. The standard InChI is InChI=1S/C10H13N3OS/c14-9-7-5-15-6-8(7)11-10(12-9)13-3-1-2-4-13/h1-6H2,(H,11,12,14). The highest BCUT2D eigenvalue weighted by molar-refractivity contribution is 7.98. The summed E-state index contributed by atoms with van der Waals surface area (Å²) in [5.74, 6) is 2.48. The van der Waals surface area contributed by atoms with E-state index in [-0.39, 0.29) is 5.56 Å². The van der Waals surface area contributed by atoms with Gasteiger partial charge in [0.15, 0.2) is 0 Å². The molecular weight excluding hydrogens is 210 g/mol. The largest absolute Gasteiger partial charge is 0.342 e. The van der Waals surface area contributed by atoms with Gasteiger partial charge in [-0.25, -0.2) is 4.98 Å². The van der Waals surface area contributed by atoms with Crippen molar-refractivity contribution in [2.45, 2.75) is 24.3 Å². The Kier molecular flexibility index (Phi) is 2.20. The highest BCUT2D eigenvalue weighted by Gasteiger charge is 2.21. The normalized spacial score (nSPS) is 19.6. The van der Waals surface area contributed by atoms with E-state index >= 15 is 0 Å². The number of thioether (sulfide) groups is 1. The zero-order valence-electron chi connectivity index (χ0n) is 8.45. The molecule has 0 amide bonds. The molecule has 0 bridgehead atoms. The smallest absolute Gasteiger partial charge is 0.256 e. The monoisotopic (exact) mass is 223 g/mol. The highest BCUT2D eigenvalue weighted by atomic mass is 32.2. The molecule has 3 heterocycles. The molecule has 0 saturated carbocycles. The van der Waals surface area contributed by atoms with Crippen LogP contribution in [0.5, 0.6) is 0 Å². The summed E-state index contributed by atoms with van der Waals surface area (Å²) in [4.78, 5) is 21.4. The van der Waals surface area contributed by atoms with Crippen molar-refractivity contribution < 1.29 is 0 Å². The van der Waals surface area contributed by atoms with E-state index in [9.17, 15) is 4.79 Å². The van der Waals surface area contributed by atoms with Gasteiger partial charge in [-0.2, -0.15) is 11.8 Å². The molecule has 0 aliphatic carbocycles. The summed E-state index contributed by atoms with van der Waals surface area (Å²) in [6.07, 6.45) is 2.41. The molecule has 0 spiro atoms. The Labute approximate surface area is 92.1 Å². The molecule has 0 aromatic carbocycles. The third-order valence-electron chi connectivity index (χ3n) is 2.98. The number of aromatic amines is 1. The molecule has 4 nitrogen and oxygen atoms in total. The molecule has 3 rings (SSSR count). The minimum atomic E-state index is 0.0619. The molecule has 1 saturated heterocycles. The molecule has 2 aliphatic heterocycles. The van der Waals surface area contributed by atoms with Crippen molar-refractivity contribution in [3.8, 4) is 0 Å². The maximum absolute atomic E-state index is 11.8. The first kappa shape index (κ1) is 9.27. The number of hydrogen-bond donors (Lipinski definition) is 1. The Balaban J connectivity index is 2.03. The van der Waals surface area contributed by atoms with Gasteiger partial charge in [0.05, 0.1) is 5.69 Å². The van der Waals surface area contributed by atoms with E-state index in [1.807, 2.05) is 0 Å². The summed E-state index contributed by atoms with van der Waals surface area (Å²) in [5, 5.41) is 0. The third kappa shape index (κ3) is 1.55. The predicted molar refractivity (Wildman–Crippen MR) is 61.3 cm³/mol. The Morgan fingerprint density at radius 2 is 2.07 bits per heavy atom. The number of rotatable bonds is 1. The van der Waals surface area contributed by atoms with Crippen LogP contribution in [0.15, 0.2) is 4.79 Å². The number of aromatic nitrogens is 2. The number of anilines is 1. The van der Waals surface area contributed by atoms with Crippen LogP contribution in [0.4, 0.5) is 5.95 Å². The zero-order chi connectivity index (χ0) is 10.3. The average molecular weight is 223 g/mol. The lowest BCUT2D eigenvalue weighted by Gasteiger charge is -2.15. The molecule has 0 atom stereocenters. The van der Waals surface area contributed by atoms with Crippen molar-refractivity contribution in [3.63, 3.8) is 0 Å². The Morgan fingerprint density at radius 3 is 2.87 bits per heavy atom. The molecule has 0 radical (unpaired) electrons. The lowest BCUT2D eigenvalue weighted by atomic mass is 10.3. The van der Waals surface area contributed by atoms with Gasteiger partial charge < -0.3 is 4.90 Å². The first-order chi connectivity index (χ1) is 7.34. The van der Waals surface area contributed by atoms with Crippen molar-refractivity contribution in [2.75, 3.05) is 18.0 Å². The SMILES string of the molecule is O=c1[nH]c(N2CCCC2)nc2c1CSC2. The number of fused-ring (bicyclic) bond motifs is 1. The zero-order valence-corrected chi connectivity index (χ0v) is 9.27. The van der Waals surface area contributed by atoms with Gasteiger partial charge in [-0.05, 0) is 12.8 Å².